The molecular formula is C15H13FN2O. The molecule has 3 nitrogen and oxygen atoms in total. The van der Waals surface area contributed by atoms with Gasteiger partial charge in [-0.3, -0.25) is 9.78 Å². The van der Waals surface area contributed by atoms with Crippen LogP contribution in [0.25, 0.3) is 0 Å². The molecule has 0 radical (unpaired) electrons. The van der Waals surface area contributed by atoms with E-state index in [0.717, 1.165) is 0 Å². The molecule has 1 aliphatic rings. The van der Waals surface area contributed by atoms with Crippen molar-refractivity contribution < 1.29 is 9.18 Å². The molecule has 1 heterocycles. The van der Waals surface area contributed by atoms with Gasteiger partial charge < -0.3 is 5.32 Å². The zero-order valence-corrected chi connectivity index (χ0v) is 10.3. The molecule has 3 rings (SSSR count). The molecule has 0 aliphatic heterocycles. The normalized spacial score (nSPS) is 15.8. The largest absolute Gasteiger partial charge is 0.325 e. The van der Waals surface area contributed by atoms with Gasteiger partial charge in [0, 0.05) is 23.6 Å². The second-order valence-electron chi connectivity index (χ2n) is 4.75. The lowest BCUT2D eigenvalue weighted by Gasteiger charge is -2.16. The number of halogens is 1. The van der Waals surface area contributed by atoms with E-state index in [1.54, 1.807) is 42.7 Å². The lowest BCUT2D eigenvalue weighted by atomic mass is 9.94. The van der Waals surface area contributed by atoms with E-state index in [2.05, 4.69) is 10.3 Å². The quantitative estimate of drug-likeness (QED) is 0.917. The van der Waals surface area contributed by atoms with Gasteiger partial charge in [0.15, 0.2) is 0 Å². The Morgan fingerprint density at radius 1 is 1.16 bits per heavy atom. The lowest BCUT2D eigenvalue weighted by Crippen LogP contribution is -2.28. The first kappa shape index (κ1) is 11.8. The summed E-state index contributed by atoms with van der Waals surface area (Å²) < 4.78 is 13.8. The number of hydrogen-bond donors (Lipinski definition) is 1. The van der Waals surface area contributed by atoms with Crippen molar-refractivity contribution in [3.8, 4) is 0 Å². The van der Waals surface area contributed by atoms with Crippen molar-refractivity contribution in [2.75, 3.05) is 5.32 Å². The third-order valence-corrected chi connectivity index (χ3v) is 3.51. The van der Waals surface area contributed by atoms with Gasteiger partial charge in [0.25, 0.3) is 0 Å². The van der Waals surface area contributed by atoms with Crippen LogP contribution in [0, 0.1) is 5.82 Å². The maximum Gasteiger partial charge on any atom is 0.235 e. The minimum absolute atomic E-state index is 0.149. The highest BCUT2D eigenvalue weighted by molar-refractivity contribution is 6.01. The molecule has 1 N–H and O–H groups in total. The van der Waals surface area contributed by atoms with E-state index in [1.807, 2.05) is 0 Å². The van der Waals surface area contributed by atoms with Crippen molar-refractivity contribution in [2.45, 2.75) is 18.3 Å². The Balaban J connectivity index is 1.86. The maximum atomic E-state index is 13.8. The van der Waals surface area contributed by atoms with E-state index in [4.69, 9.17) is 0 Å². The average molecular weight is 256 g/mol. The minimum Gasteiger partial charge on any atom is -0.325 e. The summed E-state index contributed by atoms with van der Waals surface area (Å²) in [5.41, 5.74) is 0.471. The van der Waals surface area contributed by atoms with E-state index in [0.29, 0.717) is 24.1 Å². The molecule has 0 spiro atoms. The Morgan fingerprint density at radius 3 is 2.47 bits per heavy atom. The lowest BCUT2D eigenvalue weighted by molar-refractivity contribution is -0.118. The second-order valence-corrected chi connectivity index (χ2v) is 4.75. The van der Waals surface area contributed by atoms with Crippen LogP contribution >= 0.6 is 0 Å². The van der Waals surface area contributed by atoms with Gasteiger partial charge in [-0.05, 0) is 31.0 Å². The van der Waals surface area contributed by atoms with Crippen molar-refractivity contribution in [3.05, 3.63) is 60.2 Å². The van der Waals surface area contributed by atoms with Gasteiger partial charge in [-0.25, -0.2) is 4.39 Å². The van der Waals surface area contributed by atoms with Crippen LogP contribution in [0.3, 0.4) is 0 Å². The Kier molecular flexibility index (Phi) is 2.78. The number of rotatable bonds is 3. The Labute approximate surface area is 110 Å². The van der Waals surface area contributed by atoms with E-state index in [-0.39, 0.29) is 11.7 Å². The van der Waals surface area contributed by atoms with Gasteiger partial charge in [0.05, 0.1) is 5.41 Å². The fraction of sp³-hybridized carbons (Fsp3) is 0.200. The molecule has 0 bridgehead atoms. The van der Waals surface area contributed by atoms with Crippen molar-refractivity contribution in [2.24, 2.45) is 0 Å². The maximum absolute atomic E-state index is 13.8. The van der Waals surface area contributed by atoms with E-state index in [1.165, 1.54) is 6.07 Å². The molecule has 1 aliphatic carbocycles. The third-order valence-electron chi connectivity index (χ3n) is 3.51. The number of aromatic nitrogens is 1. The first-order chi connectivity index (χ1) is 9.22. The summed E-state index contributed by atoms with van der Waals surface area (Å²) >= 11 is 0. The molecule has 0 atom stereocenters. The van der Waals surface area contributed by atoms with Crippen LogP contribution < -0.4 is 5.32 Å². The van der Waals surface area contributed by atoms with Crippen molar-refractivity contribution in [3.63, 3.8) is 0 Å². The van der Waals surface area contributed by atoms with Gasteiger partial charge in [0.2, 0.25) is 5.91 Å². The van der Waals surface area contributed by atoms with Crippen LogP contribution in [-0.2, 0) is 10.2 Å². The van der Waals surface area contributed by atoms with Crippen molar-refractivity contribution >= 4 is 11.6 Å². The molecule has 1 amide bonds. The van der Waals surface area contributed by atoms with E-state index >= 15 is 0 Å². The van der Waals surface area contributed by atoms with Crippen LogP contribution in [0.2, 0.25) is 0 Å². The zero-order valence-electron chi connectivity index (χ0n) is 10.3. The number of anilines is 1. The molecule has 96 valence electrons. The Hall–Kier alpha value is -2.23. The monoisotopic (exact) mass is 256 g/mol. The molecule has 1 aromatic heterocycles. The van der Waals surface area contributed by atoms with Crippen LogP contribution in [0.5, 0.6) is 0 Å². The third kappa shape index (κ3) is 2.10. The number of nitrogens with one attached hydrogen (secondary N) is 1. The van der Waals surface area contributed by atoms with Crippen LogP contribution in [-0.4, -0.2) is 10.9 Å². The number of carbonyl (C=O) groups excluding carboxylic acids is 1. The average Bonchev–Trinajstić information content (AvgIpc) is 3.22. The van der Waals surface area contributed by atoms with E-state index in [9.17, 15) is 9.18 Å². The van der Waals surface area contributed by atoms with Gasteiger partial charge in [-0.1, -0.05) is 18.2 Å². The van der Waals surface area contributed by atoms with Crippen molar-refractivity contribution in [1.29, 1.82) is 0 Å². The summed E-state index contributed by atoms with van der Waals surface area (Å²) in [6.07, 6.45) is 4.59. The fourth-order valence-corrected chi connectivity index (χ4v) is 2.28. The molecule has 2 aromatic rings. The van der Waals surface area contributed by atoms with Gasteiger partial charge in [-0.2, -0.15) is 0 Å². The molecule has 1 saturated carbocycles. The smallest absolute Gasteiger partial charge is 0.235 e. The first-order valence-electron chi connectivity index (χ1n) is 6.19. The summed E-state index contributed by atoms with van der Waals surface area (Å²) in [4.78, 5) is 16.2. The number of pyridine rings is 1. The predicted octanol–water partition coefficient (Wildman–Crippen LogP) is 2.89. The van der Waals surface area contributed by atoms with Crippen LogP contribution in [0.1, 0.15) is 18.4 Å². The second kappa shape index (κ2) is 4.46. The topological polar surface area (TPSA) is 42.0 Å². The first-order valence-corrected chi connectivity index (χ1v) is 6.19. The summed E-state index contributed by atoms with van der Waals surface area (Å²) in [5, 5.41) is 2.82. The molecule has 1 aromatic carbocycles. The number of carbonyl (C=O) groups is 1. The number of amides is 1. The summed E-state index contributed by atoms with van der Waals surface area (Å²) in [5.74, 6) is -0.464. The zero-order chi connectivity index (χ0) is 13.3. The highest BCUT2D eigenvalue weighted by Crippen LogP contribution is 2.49. The minimum atomic E-state index is -0.700. The van der Waals surface area contributed by atoms with Crippen molar-refractivity contribution in [1.82, 2.24) is 4.98 Å². The highest BCUT2D eigenvalue weighted by atomic mass is 19.1. The van der Waals surface area contributed by atoms with Gasteiger partial charge in [0.1, 0.15) is 5.82 Å². The molecule has 0 saturated heterocycles. The standard InChI is InChI=1S/C15H13FN2O/c16-13-4-2-1-3-12(13)15(7-8-15)14(19)18-11-5-9-17-10-6-11/h1-6,9-10H,7-8H2,(H,17,18,19). The summed E-state index contributed by atoms with van der Waals surface area (Å²) in [7, 11) is 0. The molecule has 4 heteroatoms. The van der Waals surface area contributed by atoms with Gasteiger partial charge >= 0.3 is 0 Å². The molecule has 19 heavy (non-hydrogen) atoms. The van der Waals surface area contributed by atoms with Gasteiger partial charge in [-0.15, -0.1) is 0 Å². The highest BCUT2D eigenvalue weighted by Gasteiger charge is 2.52. The number of nitrogens with zero attached hydrogens (tertiary/aromatic N) is 1. The fourth-order valence-electron chi connectivity index (χ4n) is 2.28. The Morgan fingerprint density at radius 2 is 1.84 bits per heavy atom. The number of benzene rings is 1. The summed E-state index contributed by atoms with van der Waals surface area (Å²) in [6.45, 7) is 0. The predicted molar refractivity (Wildman–Crippen MR) is 70.2 cm³/mol. The Bertz CT molecular complexity index is 609. The summed E-state index contributed by atoms with van der Waals surface area (Å²) in [6, 6.07) is 9.92. The molecular weight excluding hydrogens is 243 g/mol. The molecule has 0 unspecified atom stereocenters. The van der Waals surface area contributed by atoms with Crippen LogP contribution in [0.4, 0.5) is 10.1 Å². The molecule has 1 fully saturated rings. The van der Waals surface area contributed by atoms with Crippen LogP contribution in [0.15, 0.2) is 48.8 Å². The SMILES string of the molecule is O=C(Nc1ccncc1)C1(c2ccccc2F)CC1. The van der Waals surface area contributed by atoms with E-state index < -0.39 is 5.41 Å². The number of hydrogen-bond acceptors (Lipinski definition) is 2.